The van der Waals surface area contributed by atoms with Crippen LogP contribution in [-0.4, -0.2) is 46.2 Å². The molecule has 0 saturated carbocycles. The van der Waals surface area contributed by atoms with Crippen molar-refractivity contribution in [1.82, 2.24) is 0 Å². The molecule has 15 heavy (non-hydrogen) atoms. The average Bonchev–Trinajstić information content (AvgIpc) is 2.18. The summed E-state index contributed by atoms with van der Waals surface area (Å²) >= 11 is 0. The average molecular weight is 236 g/mol. The van der Waals surface area contributed by atoms with Crippen molar-refractivity contribution in [3.8, 4) is 0 Å². The van der Waals surface area contributed by atoms with Gasteiger partial charge in [-0.05, 0) is 12.8 Å². The fraction of sp³-hybridized carbons (Fsp3) is 0.889. The van der Waals surface area contributed by atoms with Gasteiger partial charge in [0.1, 0.15) is 0 Å². The zero-order valence-corrected chi connectivity index (χ0v) is 9.59. The minimum Gasteiger partial charge on any atom is -0.465 e. The molecular formula is C9H16O5S. The number of hydrogen-bond acceptors (Lipinski definition) is 5. The highest BCUT2D eigenvalue weighted by atomic mass is 32.2. The lowest BCUT2D eigenvalue weighted by molar-refractivity contribution is -0.151. The van der Waals surface area contributed by atoms with E-state index in [1.165, 1.54) is 7.11 Å². The number of carbonyl (C=O) groups is 1. The van der Waals surface area contributed by atoms with Gasteiger partial charge in [0.05, 0.1) is 30.6 Å². The van der Waals surface area contributed by atoms with Gasteiger partial charge in [-0.1, -0.05) is 0 Å². The van der Waals surface area contributed by atoms with Crippen molar-refractivity contribution in [2.24, 2.45) is 5.92 Å². The Morgan fingerprint density at radius 3 is 2.87 bits per heavy atom. The summed E-state index contributed by atoms with van der Waals surface area (Å²) < 4.78 is 32.5. The molecule has 0 radical (unpaired) electrons. The Morgan fingerprint density at radius 1 is 1.53 bits per heavy atom. The maximum Gasteiger partial charge on any atom is 0.309 e. The highest BCUT2D eigenvalue weighted by Gasteiger charge is 2.28. The first kappa shape index (κ1) is 12.4. The minimum absolute atomic E-state index is 0.0344. The largest absolute Gasteiger partial charge is 0.465 e. The molecule has 1 aliphatic rings. The number of esters is 1. The van der Waals surface area contributed by atoms with E-state index in [-0.39, 0.29) is 24.1 Å². The summed E-state index contributed by atoms with van der Waals surface area (Å²) in [6, 6.07) is 0. The van der Waals surface area contributed by atoms with Crippen LogP contribution in [0.1, 0.15) is 12.8 Å². The molecular weight excluding hydrogens is 220 g/mol. The lowest BCUT2D eigenvalue weighted by Crippen LogP contribution is -2.31. The molecule has 6 heteroatoms. The molecule has 88 valence electrons. The van der Waals surface area contributed by atoms with Crippen LogP contribution in [0.3, 0.4) is 0 Å². The van der Waals surface area contributed by atoms with E-state index in [0.29, 0.717) is 13.0 Å². The normalized spacial score (nSPS) is 22.5. The number of sulfone groups is 1. The Balaban J connectivity index is 2.48. The molecule has 0 aromatic carbocycles. The number of cyclic esters (lactones) is 1. The van der Waals surface area contributed by atoms with Gasteiger partial charge in [-0.15, -0.1) is 0 Å². The van der Waals surface area contributed by atoms with Crippen LogP contribution in [0.2, 0.25) is 0 Å². The fourth-order valence-electron chi connectivity index (χ4n) is 1.49. The van der Waals surface area contributed by atoms with Gasteiger partial charge in [-0.3, -0.25) is 4.79 Å². The van der Waals surface area contributed by atoms with Crippen molar-refractivity contribution in [3.05, 3.63) is 0 Å². The molecule has 0 aliphatic carbocycles. The van der Waals surface area contributed by atoms with Crippen molar-refractivity contribution in [3.63, 3.8) is 0 Å². The maximum absolute atomic E-state index is 11.5. The lowest BCUT2D eigenvalue weighted by atomic mass is 10.0. The third-order valence-electron chi connectivity index (χ3n) is 2.33. The SMILES string of the molecule is COCCS(=O)(=O)CC1CCCOC1=O. The van der Waals surface area contributed by atoms with Crippen molar-refractivity contribution < 1.29 is 22.7 Å². The Morgan fingerprint density at radius 2 is 2.27 bits per heavy atom. The van der Waals surface area contributed by atoms with Gasteiger partial charge in [-0.25, -0.2) is 8.42 Å². The number of ether oxygens (including phenoxy) is 2. The first-order chi connectivity index (χ1) is 7.05. The highest BCUT2D eigenvalue weighted by molar-refractivity contribution is 7.91. The third-order valence-corrected chi connectivity index (χ3v) is 4.03. The molecule has 0 N–H and O–H groups in total. The Bertz CT molecular complexity index is 308. The quantitative estimate of drug-likeness (QED) is 0.628. The molecule has 1 heterocycles. The van der Waals surface area contributed by atoms with Crippen molar-refractivity contribution in [2.75, 3.05) is 31.8 Å². The maximum atomic E-state index is 11.5. The van der Waals surface area contributed by atoms with Gasteiger partial charge < -0.3 is 9.47 Å². The number of hydrogen-bond donors (Lipinski definition) is 0. The second-order valence-corrected chi connectivity index (χ2v) is 5.84. The summed E-state index contributed by atoms with van der Waals surface area (Å²) in [5.41, 5.74) is 0. The molecule has 5 nitrogen and oxygen atoms in total. The van der Waals surface area contributed by atoms with Gasteiger partial charge >= 0.3 is 5.97 Å². The number of carbonyl (C=O) groups excluding carboxylic acids is 1. The zero-order valence-electron chi connectivity index (χ0n) is 8.77. The lowest BCUT2D eigenvalue weighted by Gasteiger charge is -2.20. The zero-order chi connectivity index (χ0) is 11.3. The predicted octanol–water partition coefficient (Wildman–Crippen LogP) is 0.000800. The predicted molar refractivity (Wildman–Crippen MR) is 54.2 cm³/mol. The van der Waals surface area contributed by atoms with Crippen LogP contribution in [0.15, 0.2) is 0 Å². The highest BCUT2D eigenvalue weighted by Crippen LogP contribution is 2.17. The number of rotatable bonds is 5. The van der Waals surface area contributed by atoms with Gasteiger partial charge in [0.15, 0.2) is 9.84 Å². The molecule has 1 saturated heterocycles. The van der Waals surface area contributed by atoms with E-state index in [1.54, 1.807) is 0 Å². The topological polar surface area (TPSA) is 69.7 Å². The molecule has 0 amide bonds. The molecule has 0 aromatic rings. The van der Waals surface area contributed by atoms with Crippen molar-refractivity contribution >= 4 is 15.8 Å². The first-order valence-electron chi connectivity index (χ1n) is 4.91. The minimum atomic E-state index is -3.20. The second-order valence-electron chi connectivity index (χ2n) is 3.61. The van der Waals surface area contributed by atoms with E-state index >= 15 is 0 Å². The van der Waals surface area contributed by atoms with E-state index < -0.39 is 15.8 Å². The summed E-state index contributed by atoms with van der Waals surface area (Å²) in [4.78, 5) is 11.2. The molecule has 1 rings (SSSR count). The summed E-state index contributed by atoms with van der Waals surface area (Å²) in [7, 11) is -1.75. The molecule has 1 aliphatic heterocycles. The van der Waals surface area contributed by atoms with Crippen LogP contribution >= 0.6 is 0 Å². The van der Waals surface area contributed by atoms with E-state index in [4.69, 9.17) is 9.47 Å². The smallest absolute Gasteiger partial charge is 0.309 e. The van der Waals surface area contributed by atoms with Crippen LogP contribution in [0.4, 0.5) is 0 Å². The van der Waals surface area contributed by atoms with Gasteiger partial charge in [-0.2, -0.15) is 0 Å². The fourth-order valence-corrected chi connectivity index (χ4v) is 2.99. The van der Waals surface area contributed by atoms with E-state index in [2.05, 4.69) is 0 Å². The van der Waals surface area contributed by atoms with E-state index in [9.17, 15) is 13.2 Å². The third kappa shape index (κ3) is 4.17. The van der Waals surface area contributed by atoms with Gasteiger partial charge in [0.2, 0.25) is 0 Å². The van der Waals surface area contributed by atoms with Crippen LogP contribution in [-0.2, 0) is 24.1 Å². The summed E-state index contributed by atoms with van der Waals surface area (Å²) in [5, 5.41) is 0. The van der Waals surface area contributed by atoms with E-state index in [0.717, 1.165) is 6.42 Å². The van der Waals surface area contributed by atoms with Crippen LogP contribution in [0, 0.1) is 5.92 Å². The Kier molecular flexibility index (Phi) is 4.53. The summed E-state index contributed by atoms with van der Waals surface area (Å²) in [6.45, 7) is 0.581. The van der Waals surface area contributed by atoms with Crippen LogP contribution in [0.25, 0.3) is 0 Å². The Labute approximate surface area is 89.7 Å². The molecule has 1 unspecified atom stereocenters. The van der Waals surface area contributed by atoms with Gasteiger partial charge in [0, 0.05) is 7.11 Å². The standard InChI is InChI=1S/C9H16O5S/c1-13-5-6-15(11,12)7-8-3-2-4-14-9(8)10/h8H,2-7H2,1H3. The van der Waals surface area contributed by atoms with Crippen LogP contribution in [0.5, 0.6) is 0 Å². The first-order valence-corrected chi connectivity index (χ1v) is 6.73. The molecule has 1 atom stereocenters. The summed E-state index contributed by atoms with van der Waals surface area (Å²) in [5.74, 6) is -1.02. The van der Waals surface area contributed by atoms with E-state index in [1.807, 2.05) is 0 Å². The van der Waals surface area contributed by atoms with Crippen LogP contribution < -0.4 is 0 Å². The van der Waals surface area contributed by atoms with Gasteiger partial charge in [0.25, 0.3) is 0 Å². The molecule has 0 bridgehead atoms. The molecule has 0 aromatic heterocycles. The van der Waals surface area contributed by atoms with Crippen molar-refractivity contribution in [2.45, 2.75) is 12.8 Å². The number of methoxy groups -OCH3 is 1. The molecule has 1 fully saturated rings. The summed E-state index contributed by atoms with van der Waals surface area (Å²) in [6.07, 6.45) is 1.35. The molecule has 0 spiro atoms. The van der Waals surface area contributed by atoms with Crippen molar-refractivity contribution in [1.29, 1.82) is 0 Å². The monoisotopic (exact) mass is 236 g/mol. The Hall–Kier alpha value is -0.620. The second kappa shape index (κ2) is 5.46.